The summed E-state index contributed by atoms with van der Waals surface area (Å²) in [5.41, 5.74) is 7.24. The van der Waals surface area contributed by atoms with Crippen molar-refractivity contribution in [2.75, 3.05) is 25.3 Å². The summed E-state index contributed by atoms with van der Waals surface area (Å²) in [5.74, 6) is 1.70. The number of rotatable bonds is 5. The summed E-state index contributed by atoms with van der Waals surface area (Å²) in [6.45, 7) is 0.608. The lowest BCUT2D eigenvalue weighted by atomic mass is 10.3. The van der Waals surface area contributed by atoms with Gasteiger partial charge in [0.15, 0.2) is 0 Å². The van der Waals surface area contributed by atoms with E-state index in [-0.39, 0.29) is 0 Å². The van der Waals surface area contributed by atoms with Crippen molar-refractivity contribution < 1.29 is 9.47 Å². The van der Waals surface area contributed by atoms with Gasteiger partial charge in [0.25, 0.3) is 0 Å². The molecule has 0 unspecified atom stereocenters. The third-order valence-corrected chi connectivity index (χ3v) is 2.56. The predicted molar refractivity (Wildman–Crippen MR) is 73.3 cm³/mol. The summed E-state index contributed by atoms with van der Waals surface area (Å²) in [6, 6.07) is 7.30. The van der Waals surface area contributed by atoms with E-state index in [4.69, 9.17) is 15.2 Å². The van der Waals surface area contributed by atoms with Crippen molar-refractivity contribution in [1.82, 2.24) is 9.97 Å². The lowest BCUT2D eigenvalue weighted by Gasteiger charge is -2.08. The SMILES string of the molecule is COc1ccc(CNc2ccc(N)c(OC)n2)cn1. The van der Waals surface area contributed by atoms with Crippen LogP contribution in [-0.2, 0) is 6.54 Å². The van der Waals surface area contributed by atoms with Crippen LogP contribution in [0.25, 0.3) is 0 Å². The predicted octanol–water partition coefficient (Wildman–Crippen LogP) is 1.69. The number of aromatic nitrogens is 2. The summed E-state index contributed by atoms with van der Waals surface area (Å²) in [6.07, 6.45) is 1.75. The minimum absolute atomic E-state index is 0.415. The zero-order valence-electron chi connectivity index (χ0n) is 10.9. The van der Waals surface area contributed by atoms with Gasteiger partial charge in [-0.15, -0.1) is 0 Å². The van der Waals surface area contributed by atoms with Crippen molar-refractivity contribution in [3.8, 4) is 11.8 Å². The largest absolute Gasteiger partial charge is 0.481 e. The third-order valence-electron chi connectivity index (χ3n) is 2.56. The second kappa shape index (κ2) is 5.90. The Labute approximate surface area is 111 Å². The van der Waals surface area contributed by atoms with Crippen LogP contribution < -0.4 is 20.5 Å². The van der Waals surface area contributed by atoms with Crippen LogP contribution in [0.4, 0.5) is 11.5 Å². The van der Waals surface area contributed by atoms with Crippen LogP contribution in [0.3, 0.4) is 0 Å². The smallest absolute Gasteiger partial charge is 0.238 e. The van der Waals surface area contributed by atoms with Gasteiger partial charge in [-0.2, -0.15) is 4.98 Å². The number of hydrogen-bond donors (Lipinski definition) is 2. The van der Waals surface area contributed by atoms with E-state index in [1.807, 2.05) is 12.1 Å². The second-order valence-electron chi connectivity index (χ2n) is 3.86. The Kier molecular flexibility index (Phi) is 4.02. The molecule has 2 rings (SSSR count). The molecule has 0 saturated carbocycles. The normalized spacial score (nSPS) is 10.0. The molecule has 3 N–H and O–H groups in total. The first-order valence-corrected chi connectivity index (χ1v) is 5.76. The van der Waals surface area contributed by atoms with Crippen LogP contribution in [0.1, 0.15) is 5.56 Å². The van der Waals surface area contributed by atoms with E-state index in [0.29, 0.717) is 29.8 Å². The molecule has 100 valence electrons. The maximum absolute atomic E-state index is 5.70. The standard InChI is InChI=1S/C13H16N4O2/c1-18-12-6-3-9(8-16-12)7-15-11-5-4-10(14)13(17-11)19-2/h3-6,8H,7,14H2,1-2H3,(H,15,17). The number of hydrogen-bond acceptors (Lipinski definition) is 6. The van der Waals surface area contributed by atoms with Crippen molar-refractivity contribution in [3.05, 3.63) is 36.0 Å². The summed E-state index contributed by atoms with van der Waals surface area (Å²) in [5, 5.41) is 3.17. The average molecular weight is 260 g/mol. The van der Waals surface area contributed by atoms with Gasteiger partial charge in [-0.1, -0.05) is 6.07 Å². The highest BCUT2D eigenvalue weighted by molar-refractivity contribution is 5.53. The van der Waals surface area contributed by atoms with E-state index < -0.39 is 0 Å². The molecule has 6 heteroatoms. The Bertz CT molecular complexity index is 543. The minimum atomic E-state index is 0.415. The average Bonchev–Trinajstić information content (AvgIpc) is 2.47. The molecule has 2 heterocycles. The molecule has 0 fully saturated rings. The second-order valence-corrected chi connectivity index (χ2v) is 3.86. The highest BCUT2D eigenvalue weighted by Crippen LogP contribution is 2.20. The van der Waals surface area contributed by atoms with Crippen LogP contribution in [0.15, 0.2) is 30.5 Å². The van der Waals surface area contributed by atoms with Crippen LogP contribution in [0.5, 0.6) is 11.8 Å². The van der Waals surface area contributed by atoms with Gasteiger partial charge in [0, 0.05) is 18.8 Å². The van der Waals surface area contributed by atoms with Crippen molar-refractivity contribution >= 4 is 11.5 Å². The van der Waals surface area contributed by atoms with Crippen molar-refractivity contribution in [1.29, 1.82) is 0 Å². The Balaban J connectivity index is 2.01. The number of ether oxygens (including phenoxy) is 2. The first-order valence-electron chi connectivity index (χ1n) is 5.76. The monoisotopic (exact) mass is 260 g/mol. The zero-order chi connectivity index (χ0) is 13.7. The molecule has 6 nitrogen and oxygen atoms in total. The molecule has 2 aromatic heterocycles. The quantitative estimate of drug-likeness (QED) is 0.851. The fourth-order valence-corrected chi connectivity index (χ4v) is 1.54. The fourth-order valence-electron chi connectivity index (χ4n) is 1.54. The Morgan fingerprint density at radius 3 is 2.63 bits per heavy atom. The van der Waals surface area contributed by atoms with Gasteiger partial charge < -0.3 is 20.5 Å². The van der Waals surface area contributed by atoms with E-state index in [2.05, 4.69) is 15.3 Å². The molecule has 0 bridgehead atoms. The maximum atomic E-state index is 5.70. The zero-order valence-corrected chi connectivity index (χ0v) is 10.9. The maximum Gasteiger partial charge on any atom is 0.238 e. The van der Waals surface area contributed by atoms with E-state index in [9.17, 15) is 0 Å². The molecule has 0 aliphatic heterocycles. The summed E-state index contributed by atoms with van der Waals surface area (Å²) >= 11 is 0. The third kappa shape index (κ3) is 3.25. The molecule has 0 radical (unpaired) electrons. The molecule has 0 aromatic carbocycles. The highest BCUT2D eigenvalue weighted by atomic mass is 16.5. The topological polar surface area (TPSA) is 82.3 Å². The number of pyridine rings is 2. The van der Waals surface area contributed by atoms with E-state index in [0.717, 1.165) is 5.56 Å². The molecule has 0 amide bonds. The van der Waals surface area contributed by atoms with Gasteiger partial charge in [-0.05, 0) is 17.7 Å². The Morgan fingerprint density at radius 2 is 2.00 bits per heavy atom. The summed E-state index contributed by atoms with van der Waals surface area (Å²) in [4.78, 5) is 8.37. The molecule has 0 atom stereocenters. The van der Waals surface area contributed by atoms with Crippen LogP contribution >= 0.6 is 0 Å². The number of nitrogens with two attached hydrogens (primary N) is 1. The molecular weight excluding hydrogens is 244 g/mol. The molecule has 0 saturated heterocycles. The van der Waals surface area contributed by atoms with E-state index in [1.165, 1.54) is 7.11 Å². The van der Waals surface area contributed by atoms with Gasteiger partial charge in [-0.3, -0.25) is 0 Å². The van der Waals surface area contributed by atoms with Gasteiger partial charge in [0.1, 0.15) is 5.82 Å². The van der Waals surface area contributed by atoms with Gasteiger partial charge in [-0.25, -0.2) is 4.98 Å². The minimum Gasteiger partial charge on any atom is -0.481 e. The van der Waals surface area contributed by atoms with E-state index >= 15 is 0 Å². The van der Waals surface area contributed by atoms with Crippen LogP contribution in [-0.4, -0.2) is 24.2 Å². The highest BCUT2D eigenvalue weighted by Gasteiger charge is 2.03. The molecule has 2 aromatic rings. The molecular formula is C13H16N4O2. The first kappa shape index (κ1) is 12.9. The van der Waals surface area contributed by atoms with Crippen LogP contribution in [0, 0.1) is 0 Å². The molecule has 0 spiro atoms. The fraction of sp³-hybridized carbons (Fsp3) is 0.231. The number of nitrogens with zero attached hydrogens (tertiary/aromatic N) is 2. The van der Waals surface area contributed by atoms with Gasteiger partial charge in [0.2, 0.25) is 11.8 Å². The van der Waals surface area contributed by atoms with Gasteiger partial charge >= 0.3 is 0 Å². The van der Waals surface area contributed by atoms with Crippen LogP contribution in [0.2, 0.25) is 0 Å². The number of nitrogens with one attached hydrogen (secondary N) is 1. The Morgan fingerprint density at radius 1 is 1.16 bits per heavy atom. The first-order chi connectivity index (χ1) is 9.22. The van der Waals surface area contributed by atoms with Crippen molar-refractivity contribution in [2.45, 2.75) is 6.54 Å². The van der Waals surface area contributed by atoms with Crippen molar-refractivity contribution in [3.63, 3.8) is 0 Å². The lowest BCUT2D eigenvalue weighted by molar-refractivity contribution is 0.397. The molecule has 0 aliphatic rings. The van der Waals surface area contributed by atoms with Crippen molar-refractivity contribution in [2.24, 2.45) is 0 Å². The summed E-state index contributed by atoms with van der Waals surface area (Å²) < 4.78 is 10.1. The molecule has 19 heavy (non-hydrogen) atoms. The number of anilines is 2. The molecule has 0 aliphatic carbocycles. The van der Waals surface area contributed by atoms with E-state index in [1.54, 1.807) is 25.4 Å². The Hall–Kier alpha value is -2.50. The lowest BCUT2D eigenvalue weighted by Crippen LogP contribution is -2.04. The van der Waals surface area contributed by atoms with Gasteiger partial charge in [0.05, 0.1) is 19.9 Å². The number of nitrogen functional groups attached to an aromatic ring is 1. The summed E-state index contributed by atoms with van der Waals surface area (Å²) in [7, 11) is 3.13. The number of methoxy groups -OCH3 is 2.